The van der Waals surface area contributed by atoms with Crippen LogP contribution in [0.4, 0.5) is 0 Å². The molecule has 0 aromatic rings. The molecule has 1 heterocycles. The van der Waals surface area contributed by atoms with Crippen LogP contribution in [0.25, 0.3) is 0 Å². The molecule has 1 rings (SSSR count). The molecule has 6 nitrogen and oxygen atoms in total. The molecule has 6 heteroatoms. The maximum absolute atomic E-state index is 11.5. The van der Waals surface area contributed by atoms with Crippen molar-refractivity contribution in [2.45, 2.75) is 31.3 Å². The summed E-state index contributed by atoms with van der Waals surface area (Å²) in [6.45, 7) is 2.11. The molecule has 1 unspecified atom stereocenters. The molecule has 1 amide bonds. The normalized spacial score (nSPS) is 27.3. The smallest absolute Gasteiger partial charge is 0.331 e. The summed E-state index contributed by atoms with van der Waals surface area (Å²) in [6.07, 6.45) is 0.757. The maximum atomic E-state index is 11.5. The molecule has 2 atom stereocenters. The topological polar surface area (TPSA) is 102 Å². The number of rotatable bonds is 4. The Labute approximate surface area is 87.8 Å². The van der Waals surface area contributed by atoms with Crippen molar-refractivity contribution in [3.8, 4) is 0 Å². The van der Waals surface area contributed by atoms with Crippen molar-refractivity contribution in [2.75, 3.05) is 13.2 Å². The molecule has 0 aromatic carbocycles. The molecule has 0 radical (unpaired) electrons. The van der Waals surface area contributed by atoms with Crippen molar-refractivity contribution >= 4 is 11.9 Å². The fourth-order valence-electron chi connectivity index (χ4n) is 1.40. The molecular formula is C9H16N2O4. The highest BCUT2D eigenvalue weighted by molar-refractivity contribution is 5.89. The van der Waals surface area contributed by atoms with Crippen LogP contribution >= 0.6 is 0 Å². The van der Waals surface area contributed by atoms with Crippen LogP contribution in [0.5, 0.6) is 0 Å². The first-order chi connectivity index (χ1) is 7.02. The number of carbonyl (C=O) groups is 2. The Morgan fingerprint density at radius 1 is 1.67 bits per heavy atom. The minimum atomic E-state index is -1.29. The molecule has 0 bridgehead atoms. The maximum Gasteiger partial charge on any atom is 0.331 e. The fraction of sp³-hybridized carbons (Fsp3) is 0.778. The summed E-state index contributed by atoms with van der Waals surface area (Å²) >= 11 is 0. The SMILES string of the molecule is CC[C@H](N)C(=O)NC1(C(=O)O)CCOC1. The summed E-state index contributed by atoms with van der Waals surface area (Å²) < 4.78 is 5.00. The van der Waals surface area contributed by atoms with Gasteiger partial charge in [-0.05, 0) is 6.42 Å². The second kappa shape index (κ2) is 4.59. The summed E-state index contributed by atoms with van der Waals surface area (Å²) in [5.41, 5.74) is 4.22. The Balaban J connectivity index is 2.67. The zero-order chi connectivity index (χ0) is 11.5. The first-order valence-corrected chi connectivity index (χ1v) is 4.90. The number of amides is 1. The molecule has 0 spiro atoms. The molecule has 4 N–H and O–H groups in total. The standard InChI is InChI=1S/C9H16N2O4/c1-2-6(10)7(12)11-9(8(13)14)3-4-15-5-9/h6H,2-5,10H2,1H3,(H,11,12)(H,13,14)/t6-,9?/m0/s1. The molecule has 1 aliphatic heterocycles. The van der Waals surface area contributed by atoms with Crippen LogP contribution in [0.15, 0.2) is 0 Å². The highest BCUT2D eigenvalue weighted by Gasteiger charge is 2.44. The highest BCUT2D eigenvalue weighted by atomic mass is 16.5. The van der Waals surface area contributed by atoms with E-state index in [9.17, 15) is 9.59 Å². The largest absolute Gasteiger partial charge is 0.479 e. The van der Waals surface area contributed by atoms with Gasteiger partial charge in [-0.25, -0.2) is 4.79 Å². The lowest BCUT2D eigenvalue weighted by atomic mass is 9.98. The third-order valence-corrected chi connectivity index (χ3v) is 2.57. The number of carboxylic acids is 1. The number of hydrogen-bond donors (Lipinski definition) is 3. The highest BCUT2D eigenvalue weighted by Crippen LogP contribution is 2.19. The molecule has 0 aliphatic carbocycles. The average Bonchev–Trinajstić information content (AvgIpc) is 2.66. The molecule has 86 valence electrons. The summed E-state index contributed by atoms with van der Waals surface area (Å²) in [7, 11) is 0. The van der Waals surface area contributed by atoms with Crippen molar-refractivity contribution in [1.29, 1.82) is 0 Å². The molecule has 0 aromatic heterocycles. The van der Waals surface area contributed by atoms with Gasteiger partial charge in [-0.15, -0.1) is 0 Å². The third kappa shape index (κ3) is 2.45. The number of aliphatic carboxylic acids is 1. The van der Waals surface area contributed by atoms with E-state index in [4.69, 9.17) is 15.6 Å². The molecule has 1 fully saturated rings. The van der Waals surface area contributed by atoms with Crippen molar-refractivity contribution < 1.29 is 19.4 Å². The Kier molecular flexibility index (Phi) is 3.65. The Morgan fingerprint density at radius 3 is 2.73 bits per heavy atom. The van der Waals surface area contributed by atoms with Gasteiger partial charge < -0.3 is 20.9 Å². The summed E-state index contributed by atoms with van der Waals surface area (Å²) in [4.78, 5) is 22.5. The number of nitrogens with two attached hydrogens (primary N) is 1. The second-order valence-corrected chi connectivity index (χ2v) is 3.69. The molecular weight excluding hydrogens is 200 g/mol. The Bertz CT molecular complexity index is 261. The van der Waals surface area contributed by atoms with Crippen LogP contribution in [0.3, 0.4) is 0 Å². The van der Waals surface area contributed by atoms with Gasteiger partial charge in [-0.1, -0.05) is 6.92 Å². The lowest BCUT2D eigenvalue weighted by molar-refractivity contribution is -0.147. The number of nitrogens with one attached hydrogen (secondary N) is 1. The molecule has 1 aliphatic rings. The zero-order valence-electron chi connectivity index (χ0n) is 8.66. The van der Waals surface area contributed by atoms with Crippen molar-refractivity contribution in [2.24, 2.45) is 5.73 Å². The van der Waals surface area contributed by atoms with Gasteiger partial charge in [0.25, 0.3) is 0 Å². The van der Waals surface area contributed by atoms with Gasteiger partial charge >= 0.3 is 5.97 Å². The van der Waals surface area contributed by atoms with E-state index in [2.05, 4.69) is 5.32 Å². The minimum Gasteiger partial charge on any atom is -0.479 e. The van der Waals surface area contributed by atoms with Gasteiger partial charge in [-0.2, -0.15) is 0 Å². The van der Waals surface area contributed by atoms with Crippen LogP contribution < -0.4 is 11.1 Å². The predicted octanol–water partition coefficient (Wildman–Crippen LogP) is -0.916. The predicted molar refractivity (Wildman–Crippen MR) is 52.2 cm³/mol. The number of carbonyl (C=O) groups excluding carboxylic acids is 1. The third-order valence-electron chi connectivity index (χ3n) is 2.57. The first-order valence-electron chi connectivity index (χ1n) is 4.90. The zero-order valence-corrected chi connectivity index (χ0v) is 8.66. The molecule has 15 heavy (non-hydrogen) atoms. The van der Waals surface area contributed by atoms with Gasteiger partial charge in [0.2, 0.25) is 5.91 Å². The Hall–Kier alpha value is -1.14. The van der Waals surface area contributed by atoms with Crippen LogP contribution in [0.2, 0.25) is 0 Å². The van der Waals surface area contributed by atoms with Gasteiger partial charge in [0, 0.05) is 13.0 Å². The molecule has 1 saturated heterocycles. The molecule has 0 saturated carbocycles. The quantitative estimate of drug-likeness (QED) is 0.564. The van der Waals surface area contributed by atoms with Gasteiger partial charge in [0.15, 0.2) is 5.54 Å². The van der Waals surface area contributed by atoms with E-state index in [0.29, 0.717) is 13.0 Å². The van der Waals surface area contributed by atoms with E-state index in [1.807, 2.05) is 0 Å². The fourth-order valence-corrected chi connectivity index (χ4v) is 1.40. The number of hydrogen-bond acceptors (Lipinski definition) is 4. The van der Waals surface area contributed by atoms with Gasteiger partial charge in [-0.3, -0.25) is 4.79 Å². The lowest BCUT2D eigenvalue weighted by Crippen LogP contribution is -2.58. The monoisotopic (exact) mass is 216 g/mol. The van der Waals surface area contributed by atoms with Gasteiger partial charge in [0.1, 0.15) is 0 Å². The first kappa shape index (κ1) is 11.9. The number of ether oxygens (including phenoxy) is 1. The Morgan fingerprint density at radius 2 is 2.33 bits per heavy atom. The average molecular weight is 216 g/mol. The van der Waals surface area contributed by atoms with Crippen LogP contribution in [-0.4, -0.2) is 41.8 Å². The van der Waals surface area contributed by atoms with Crippen LogP contribution in [0, 0.1) is 0 Å². The minimum absolute atomic E-state index is 0.00447. The summed E-state index contributed by atoms with van der Waals surface area (Å²) in [6, 6.07) is -0.665. The van der Waals surface area contributed by atoms with Crippen molar-refractivity contribution in [1.82, 2.24) is 5.32 Å². The lowest BCUT2D eigenvalue weighted by Gasteiger charge is -2.25. The van der Waals surface area contributed by atoms with E-state index in [1.165, 1.54) is 0 Å². The van der Waals surface area contributed by atoms with Crippen LogP contribution in [-0.2, 0) is 14.3 Å². The van der Waals surface area contributed by atoms with Crippen molar-refractivity contribution in [3.63, 3.8) is 0 Å². The van der Waals surface area contributed by atoms with Gasteiger partial charge in [0.05, 0.1) is 12.6 Å². The van der Waals surface area contributed by atoms with E-state index >= 15 is 0 Å². The summed E-state index contributed by atoms with van der Waals surface area (Å²) in [5.74, 6) is -1.51. The van der Waals surface area contributed by atoms with E-state index in [0.717, 1.165) is 0 Å². The van der Waals surface area contributed by atoms with E-state index < -0.39 is 23.5 Å². The van der Waals surface area contributed by atoms with Crippen molar-refractivity contribution in [3.05, 3.63) is 0 Å². The van der Waals surface area contributed by atoms with E-state index in [-0.39, 0.29) is 13.0 Å². The van der Waals surface area contributed by atoms with Crippen LogP contribution in [0.1, 0.15) is 19.8 Å². The summed E-state index contributed by atoms with van der Waals surface area (Å²) in [5, 5.41) is 11.5. The van der Waals surface area contributed by atoms with E-state index in [1.54, 1.807) is 6.92 Å². The second-order valence-electron chi connectivity index (χ2n) is 3.69. The number of carboxylic acid groups (broad SMARTS) is 1.